The Morgan fingerprint density at radius 1 is 0.789 bits per heavy atom. The van der Waals surface area contributed by atoms with Crippen LogP contribution in [0.2, 0.25) is 0 Å². The summed E-state index contributed by atoms with van der Waals surface area (Å²) in [4.78, 5) is 17.0. The topological polar surface area (TPSA) is 63.2 Å². The molecule has 0 bridgehead atoms. The van der Waals surface area contributed by atoms with Crippen LogP contribution in [0.4, 0.5) is 0 Å². The summed E-state index contributed by atoms with van der Waals surface area (Å²) in [7, 11) is -3.37. The normalized spacial score (nSPS) is 8.32. The van der Waals surface area contributed by atoms with Crippen LogP contribution in [-0.2, 0) is 4.57 Å². The summed E-state index contributed by atoms with van der Waals surface area (Å²) < 4.78 is 8.48. The molecule has 0 aliphatic heterocycles. The van der Waals surface area contributed by atoms with Gasteiger partial charge in [-0.2, -0.15) is 12.8 Å². The molecule has 0 unspecified atom stereocenters. The van der Waals surface area contributed by atoms with Crippen molar-refractivity contribution >= 4 is 8.25 Å². The molecule has 0 N–H and O–H groups in total. The van der Waals surface area contributed by atoms with E-state index in [2.05, 4.69) is 27.7 Å². The van der Waals surface area contributed by atoms with Crippen molar-refractivity contribution in [1.29, 1.82) is 0 Å². The first-order chi connectivity index (χ1) is 8.56. The maximum atomic E-state index is 8.48. The maximum Gasteiger partial charge on any atom is 0.276 e. The Kier molecular flexibility index (Phi) is 47.5. The molecule has 0 aliphatic carbocycles. The van der Waals surface area contributed by atoms with Gasteiger partial charge in [0.05, 0.1) is 0 Å². The largest absolute Gasteiger partial charge is 0.598 e. The molecule has 0 atom stereocenters. The molecule has 0 fully saturated rings. The fourth-order valence-corrected chi connectivity index (χ4v) is 1.21. The number of rotatable bonds is 8. The van der Waals surface area contributed by atoms with E-state index in [1.807, 2.05) is 0 Å². The van der Waals surface area contributed by atoms with Gasteiger partial charge in [0.15, 0.2) is 0 Å². The van der Waals surface area contributed by atoms with Gasteiger partial charge in [0, 0.05) is 40.8 Å². The Labute approximate surface area is 154 Å². The van der Waals surface area contributed by atoms with Crippen LogP contribution in [0.3, 0.4) is 0 Å². The third-order valence-electron chi connectivity index (χ3n) is 2.21. The average molecular weight is 422 g/mol. The van der Waals surface area contributed by atoms with Crippen molar-refractivity contribution in [3.8, 4) is 0 Å². The van der Waals surface area contributed by atoms with Crippen LogP contribution in [0, 0.1) is 54.7 Å². The molecular weight excluding hydrogens is 391 g/mol. The van der Waals surface area contributed by atoms with Crippen molar-refractivity contribution in [2.45, 2.75) is 78.1 Å². The molecule has 0 rings (SSSR count). The molecule has 0 spiro atoms. The Hall–Kier alpha value is 1.37. The number of hydrogen-bond donors (Lipinski definition) is 0. The molecular formula is C14H30NdO3P-3. The van der Waals surface area contributed by atoms with Crippen LogP contribution in [0.15, 0.2) is 0 Å². The standard InChI is InChI=1S/2C7H15.Nd.HO3P/c2*1-3-5-7-6-4-2;;1-4(2)3/h2*1,3-7H2,2H3;;(H,1,2,3)/q2*-1;;/p-1. The van der Waals surface area contributed by atoms with E-state index in [9.17, 15) is 0 Å². The first kappa shape index (κ1) is 28.5. The van der Waals surface area contributed by atoms with Crippen molar-refractivity contribution in [3.63, 3.8) is 0 Å². The van der Waals surface area contributed by atoms with Gasteiger partial charge in [-0.1, -0.05) is 69.8 Å². The minimum atomic E-state index is -3.37. The Balaban J connectivity index is -0.0000000900. The minimum Gasteiger partial charge on any atom is -0.598 e. The molecule has 0 radical (unpaired) electrons. The molecule has 3 nitrogen and oxygen atoms in total. The second-order valence-corrected chi connectivity index (χ2v) is 4.50. The summed E-state index contributed by atoms with van der Waals surface area (Å²) in [5.74, 6) is 0. The summed E-state index contributed by atoms with van der Waals surface area (Å²) in [5.41, 5.74) is 0. The second kappa shape index (κ2) is 31.7. The molecule has 0 aliphatic rings. The third-order valence-corrected chi connectivity index (χ3v) is 2.21. The van der Waals surface area contributed by atoms with Crippen LogP contribution >= 0.6 is 8.25 Å². The van der Waals surface area contributed by atoms with Crippen LogP contribution in [-0.4, -0.2) is 0 Å². The van der Waals surface area contributed by atoms with Crippen molar-refractivity contribution in [2.24, 2.45) is 0 Å². The molecule has 0 saturated carbocycles. The van der Waals surface area contributed by atoms with Crippen LogP contribution < -0.4 is 9.79 Å². The van der Waals surface area contributed by atoms with E-state index in [1.165, 1.54) is 51.4 Å². The van der Waals surface area contributed by atoms with Crippen LogP contribution in [0.25, 0.3) is 0 Å². The second-order valence-electron chi connectivity index (χ2n) is 4.05. The summed E-state index contributed by atoms with van der Waals surface area (Å²) in [6.45, 7) is 12.0. The van der Waals surface area contributed by atoms with Gasteiger partial charge in [0.25, 0.3) is 8.25 Å². The van der Waals surface area contributed by atoms with Crippen molar-refractivity contribution in [2.75, 3.05) is 0 Å². The summed E-state index contributed by atoms with van der Waals surface area (Å²) in [5, 5.41) is 0. The fraction of sp³-hybridized carbons (Fsp3) is 0.857. The number of hydrogen-bond acceptors (Lipinski definition) is 3. The van der Waals surface area contributed by atoms with E-state index >= 15 is 0 Å². The summed E-state index contributed by atoms with van der Waals surface area (Å²) >= 11 is 0. The van der Waals surface area contributed by atoms with Crippen molar-refractivity contribution in [3.05, 3.63) is 13.8 Å². The smallest absolute Gasteiger partial charge is 0.276 e. The SMILES string of the molecule is O=[P+]([O-])[O-].[CH2-]CCCCCC.[CH2-]CCCCCC.[Nd]. The predicted octanol–water partition coefficient (Wildman–Crippen LogP) is 3.95. The van der Waals surface area contributed by atoms with Gasteiger partial charge >= 0.3 is 0 Å². The fourth-order valence-electron chi connectivity index (χ4n) is 1.21. The molecule has 0 amide bonds. The predicted molar refractivity (Wildman–Crippen MR) is 75.8 cm³/mol. The van der Waals surface area contributed by atoms with Crippen molar-refractivity contribution in [1.82, 2.24) is 0 Å². The molecule has 116 valence electrons. The van der Waals surface area contributed by atoms with E-state index in [0.717, 1.165) is 12.8 Å². The van der Waals surface area contributed by atoms with Gasteiger partial charge in [-0.05, 0) is 0 Å². The zero-order chi connectivity index (χ0) is 14.6. The Morgan fingerprint density at radius 2 is 1.05 bits per heavy atom. The van der Waals surface area contributed by atoms with Gasteiger partial charge in [0.1, 0.15) is 0 Å². The molecule has 19 heavy (non-hydrogen) atoms. The molecule has 0 heterocycles. The third kappa shape index (κ3) is 66.6. The van der Waals surface area contributed by atoms with E-state index < -0.39 is 8.25 Å². The summed E-state index contributed by atoms with van der Waals surface area (Å²) in [6.07, 6.45) is 13.0. The average Bonchev–Trinajstić information content (AvgIpc) is 2.31. The maximum absolute atomic E-state index is 8.48. The zero-order valence-corrected chi connectivity index (χ0v) is 16.8. The van der Waals surface area contributed by atoms with Crippen LogP contribution in [0.1, 0.15) is 78.1 Å². The first-order valence-electron chi connectivity index (χ1n) is 6.96. The quantitative estimate of drug-likeness (QED) is 0.339. The minimum absolute atomic E-state index is 0. The molecule has 0 aromatic carbocycles. The van der Waals surface area contributed by atoms with Gasteiger partial charge < -0.3 is 23.6 Å². The zero-order valence-electron chi connectivity index (χ0n) is 12.7. The van der Waals surface area contributed by atoms with E-state index in [4.69, 9.17) is 14.4 Å². The molecule has 0 saturated heterocycles. The summed E-state index contributed by atoms with van der Waals surface area (Å²) in [6, 6.07) is 0. The van der Waals surface area contributed by atoms with Gasteiger partial charge in [-0.25, -0.2) is 0 Å². The molecule has 0 aromatic rings. The Bertz CT molecular complexity index is 125. The molecule has 5 heteroatoms. The molecule has 0 aromatic heterocycles. The Morgan fingerprint density at radius 3 is 1.21 bits per heavy atom. The number of unbranched alkanes of at least 4 members (excludes halogenated alkanes) is 8. The van der Waals surface area contributed by atoms with Gasteiger partial charge in [-0.15, -0.1) is 0 Å². The van der Waals surface area contributed by atoms with E-state index in [0.29, 0.717) is 0 Å². The monoisotopic (exact) mass is 419 g/mol. The van der Waals surface area contributed by atoms with Gasteiger partial charge in [0.2, 0.25) is 0 Å². The first-order valence-corrected chi connectivity index (χ1v) is 8.06. The van der Waals surface area contributed by atoms with Crippen LogP contribution in [0.5, 0.6) is 0 Å². The van der Waals surface area contributed by atoms with E-state index in [1.54, 1.807) is 0 Å². The van der Waals surface area contributed by atoms with Crippen molar-refractivity contribution < 1.29 is 55.2 Å². The van der Waals surface area contributed by atoms with E-state index in [-0.39, 0.29) is 40.8 Å². The van der Waals surface area contributed by atoms with Gasteiger partial charge in [-0.3, -0.25) is 0 Å².